The van der Waals surface area contributed by atoms with E-state index < -0.39 is 0 Å². The van der Waals surface area contributed by atoms with Crippen molar-refractivity contribution in [2.24, 2.45) is 0 Å². The number of carbonyl (C=O) groups excluding carboxylic acids is 1. The van der Waals surface area contributed by atoms with Crippen LogP contribution in [0.3, 0.4) is 0 Å². The second-order valence-corrected chi connectivity index (χ2v) is 7.87. The molecule has 0 saturated carbocycles. The van der Waals surface area contributed by atoms with Gasteiger partial charge in [0.2, 0.25) is 0 Å². The molecule has 1 fully saturated rings. The average Bonchev–Trinajstić information content (AvgIpc) is 3.29. The van der Waals surface area contributed by atoms with Gasteiger partial charge in [0.25, 0.3) is 5.91 Å². The highest BCUT2D eigenvalue weighted by molar-refractivity contribution is 5.92. The van der Waals surface area contributed by atoms with Crippen LogP contribution in [0.5, 0.6) is 5.75 Å². The summed E-state index contributed by atoms with van der Waals surface area (Å²) in [6.45, 7) is 1.95. The van der Waals surface area contributed by atoms with Crippen LogP contribution in [0.4, 0.5) is 0 Å². The van der Waals surface area contributed by atoms with Crippen molar-refractivity contribution in [2.45, 2.75) is 6.04 Å². The van der Waals surface area contributed by atoms with Crippen molar-refractivity contribution in [3.8, 4) is 17.0 Å². The van der Waals surface area contributed by atoms with E-state index in [0.717, 1.165) is 34.9 Å². The normalized spacial score (nSPS) is 16.9. The van der Waals surface area contributed by atoms with Crippen LogP contribution in [-0.2, 0) is 0 Å². The molecule has 1 atom stereocenters. The lowest BCUT2D eigenvalue weighted by atomic mass is 10.1. The van der Waals surface area contributed by atoms with Crippen molar-refractivity contribution < 1.29 is 9.53 Å². The monoisotopic (exact) mass is 428 g/mol. The molecular weight excluding hydrogens is 404 g/mol. The number of imidazole rings is 1. The lowest BCUT2D eigenvalue weighted by Gasteiger charge is -2.38. The molecular formula is C24H24N6O2. The summed E-state index contributed by atoms with van der Waals surface area (Å²) in [5.41, 5.74) is 4.31. The number of ether oxygens (including phenoxy) is 1. The third-order valence-corrected chi connectivity index (χ3v) is 5.96. The molecule has 0 radical (unpaired) electrons. The smallest absolute Gasteiger partial charge is 0.274 e. The molecule has 4 aromatic rings. The molecule has 1 aliphatic rings. The molecule has 1 amide bonds. The second kappa shape index (κ2) is 8.39. The zero-order valence-corrected chi connectivity index (χ0v) is 18.0. The molecule has 3 aromatic heterocycles. The molecule has 162 valence electrons. The Kier molecular flexibility index (Phi) is 5.28. The molecule has 4 heterocycles. The predicted octanol–water partition coefficient (Wildman–Crippen LogP) is 2.93. The SMILES string of the molecule is COc1ccc(-c2cccc3nc([C@H]4CN(C(=O)c5cnccn5)CCN4C)cn23)cc1. The fourth-order valence-corrected chi connectivity index (χ4v) is 4.14. The van der Waals surface area contributed by atoms with Gasteiger partial charge in [0, 0.05) is 38.2 Å². The van der Waals surface area contributed by atoms with Crippen LogP contribution in [0.1, 0.15) is 22.2 Å². The van der Waals surface area contributed by atoms with Crippen LogP contribution in [-0.4, -0.2) is 68.9 Å². The summed E-state index contributed by atoms with van der Waals surface area (Å²) in [5.74, 6) is 0.725. The Bertz CT molecular complexity index is 1240. The number of piperazine rings is 1. The quantitative estimate of drug-likeness (QED) is 0.498. The molecule has 32 heavy (non-hydrogen) atoms. The molecule has 0 spiro atoms. The second-order valence-electron chi connectivity index (χ2n) is 7.87. The molecule has 1 aliphatic heterocycles. The van der Waals surface area contributed by atoms with Crippen LogP contribution < -0.4 is 4.74 Å². The average molecular weight is 428 g/mol. The number of hydrogen-bond acceptors (Lipinski definition) is 6. The number of benzene rings is 1. The number of aromatic nitrogens is 4. The summed E-state index contributed by atoms with van der Waals surface area (Å²) in [4.78, 5) is 30.1. The lowest BCUT2D eigenvalue weighted by molar-refractivity contribution is 0.0535. The van der Waals surface area contributed by atoms with Crippen LogP contribution in [0.2, 0.25) is 0 Å². The third kappa shape index (κ3) is 3.69. The van der Waals surface area contributed by atoms with Gasteiger partial charge in [0.1, 0.15) is 17.1 Å². The molecule has 0 unspecified atom stereocenters. The van der Waals surface area contributed by atoms with E-state index in [4.69, 9.17) is 9.72 Å². The van der Waals surface area contributed by atoms with Gasteiger partial charge >= 0.3 is 0 Å². The first kappa shape index (κ1) is 20.1. The molecule has 8 heteroatoms. The van der Waals surface area contributed by atoms with Gasteiger partial charge < -0.3 is 9.64 Å². The number of fused-ring (bicyclic) bond motifs is 1. The molecule has 5 rings (SSSR count). The number of hydrogen-bond donors (Lipinski definition) is 0. The zero-order chi connectivity index (χ0) is 22.1. The van der Waals surface area contributed by atoms with Gasteiger partial charge in [-0.25, -0.2) is 9.97 Å². The van der Waals surface area contributed by atoms with E-state index in [1.165, 1.54) is 6.20 Å². The molecule has 0 aliphatic carbocycles. The standard InChI is InChI=1S/C24H24N6O2/c1-28-12-13-29(24(31)19-14-25-10-11-26-19)16-22(28)20-15-30-21(4-3-5-23(30)27-20)17-6-8-18(32-2)9-7-17/h3-11,14-15,22H,12-13,16H2,1-2H3/t22-/m1/s1. The van der Waals surface area contributed by atoms with E-state index in [2.05, 4.69) is 38.6 Å². The van der Waals surface area contributed by atoms with Gasteiger partial charge in [0.05, 0.1) is 30.7 Å². The first-order valence-electron chi connectivity index (χ1n) is 10.5. The number of nitrogens with zero attached hydrogens (tertiary/aromatic N) is 6. The minimum atomic E-state index is -0.0983. The van der Waals surface area contributed by atoms with E-state index in [1.54, 1.807) is 19.5 Å². The summed E-state index contributed by atoms with van der Waals surface area (Å²) in [6, 6.07) is 14.1. The van der Waals surface area contributed by atoms with Crippen molar-refractivity contribution >= 4 is 11.6 Å². The largest absolute Gasteiger partial charge is 0.497 e. The van der Waals surface area contributed by atoms with Crippen molar-refractivity contribution in [1.29, 1.82) is 0 Å². The zero-order valence-electron chi connectivity index (χ0n) is 18.0. The van der Waals surface area contributed by atoms with E-state index in [-0.39, 0.29) is 11.9 Å². The van der Waals surface area contributed by atoms with E-state index in [1.807, 2.05) is 41.3 Å². The Morgan fingerprint density at radius 1 is 1.09 bits per heavy atom. The van der Waals surface area contributed by atoms with Gasteiger partial charge in [0.15, 0.2) is 0 Å². The van der Waals surface area contributed by atoms with Crippen molar-refractivity contribution in [1.82, 2.24) is 29.2 Å². The van der Waals surface area contributed by atoms with Crippen molar-refractivity contribution in [3.63, 3.8) is 0 Å². The highest BCUT2D eigenvalue weighted by atomic mass is 16.5. The van der Waals surface area contributed by atoms with Gasteiger partial charge in [-0.3, -0.25) is 19.1 Å². The molecule has 1 aromatic carbocycles. The first-order chi connectivity index (χ1) is 15.6. The minimum absolute atomic E-state index is 0.00649. The van der Waals surface area contributed by atoms with Gasteiger partial charge in [-0.2, -0.15) is 0 Å². The predicted molar refractivity (Wildman–Crippen MR) is 120 cm³/mol. The van der Waals surface area contributed by atoms with Crippen LogP contribution >= 0.6 is 0 Å². The van der Waals surface area contributed by atoms with Crippen LogP contribution in [0, 0.1) is 0 Å². The number of amides is 1. The molecule has 1 saturated heterocycles. The molecule has 8 nitrogen and oxygen atoms in total. The molecule has 0 bridgehead atoms. The number of likely N-dealkylation sites (N-methyl/N-ethyl adjacent to an activating group) is 1. The summed E-state index contributed by atoms with van der Waals surface area (Å²) in [7, 11) is 3.74. The summed E-state index contributed by atoms with van der Waals surface area (Å²) in [6.07, 6.45) is 6.71. The van der Waals surface area contributed by atoms with Crippen molar-refractivity contribution in [3.05, 3.63) is 78.6 Å². The number of carbonyl (C=O) groups is 1. The van der Waals surface area contributed by atoms with Gasteiger partial charge in [-0.15, -0.1) is 0 Å². The highest BCUT2D eigenvalue weighted by Gasteiger charge is 2.31. The Balaban J connectivity index is 1.46. The Labute approximate surface area is 186 Å². The summed E-state index contributed by atoms with van der Waals surface area (Å²) in [5, 5.41) is 0. The number of rotatable bonds is 4. The van der Waals surface area contributed by atoms with E-state index in [9.17, 15) is 4.79 Å². The van der Waals surface area contributed by atoms with Gasteiger partial charge in [-0.05, 0) is 49.0 Å². The maximum Gasteiger partial charge on any atom is 0.274 e. The molecule has 0 N–H and O–H groups in total. The summed E-state index contributed by atoms with van der Waals surface area (Å²) < 4.78 is 7.39. The third-order valence-electron chi connectivity index (χ3n) is 5.96. The fraction of sp³-hybridized carbons (Fsp3) is 0.250. The topological polar surface area (TPSA) is 75.9 Å². The lowest BCUT2D eigenvalue weighted by Crippen LogP contribution is -2.49. The van der Waals surface area contributed by atoms with E-state index in [0.29, 0.717) is 18.8 Å². The number of pyridine rings is 1. The Hall–Kier alpha value is -3.78. The Morgan fingerprint density at radius 2 is 1.94 bits per heavy atom. The maximum atomic E-state index is 12.9. The van der Waals surface area contributed by atoms with Crippen LogP contribution in [0.25, 0.3) is 16.9 Å². The first-order valence-corrected chi connectivity index (χ1v) is 10.5. The minimum Gasteiger partial charge on any atom is -0.497 e. The van der Waals surface area contributed by atoms with Gasteiger partial charge in [-0.1, -0.05) is 6.07 Å². The Morgan fingerprint density at radius 3 is 2.69 bits per heavy atom. The van der Waals surface area contributed by atoms with Crippen LogP contribution in [0.15, 0.2) is 67.3 Å². The van der Waals surface area contributed by atoms with Crippen molar-refractivity contribution in [2.75, 3.05) is 33.8 Å². The maximum absolute atomic E-state index is 12.9. The van der Waals surface area contributed by atoms with E-state index >= 15 is 0 Å². The fourth-order valence-electron chi connectivity index (χ4n) is 4.14. The summed E-state index contributed by atoms with van der Waals surface area (Å²) >= 11 is 0. The highest BCUT2D eigenvalue weighted by Crippen LogP contribution is 2.28. The number of methoxy groups -OCH3 is 1.